The molecule has 0 N–H and O–H groups in total. The highest BCUT2D eigenvalue weighted by Gasteiger charge is 2.62. The molecule has 2 aromatic rings. The van der Waals surface area contributed by atoms with Gasteiger partial charge in [0.15, 0.2) is 11.5 Å². The molecule has 5 rings (SSSR count). The minimum atomic E-state index is -4.92. The first-order chi connectivity index (χ1) is 16.4. The standard InChI is InChI=1S/C23H17Cl2F5N2O2S/c24-16-5-15(6-17(25)19(16)26)22(23(28,29)30)7-18(31-34-22)12-1-3-14(4-2-12)21(27)10-32(11-21)20(33)13-8-35-9-13/h1-6,13H,7-11H2. The second-order valence-corrected chi connectivity index (χ2v) is 10.7. The van der Waals surface area contributed by atoms with E-state index in [1.54, 1.807) is 11.8 Å². The molecule has 1 atom stereocenters. The van der Waals surface area contributed by atoms with Gasteiger partial charge in [-0.3, -0.25) is 4.79 Å². The van der Waals surface area contributed by atoms with E-state index < -0.39 is 45.3 Å². The van der Waals surface area contributed by atoms with Gasteiger partial charge >= 0.3 is 6.18 Å². The number of benzene rings is 2. The van der Waals surface area contributed by atoms with Gasteiger partial charge in [-0.2, -0.15) is 24.9 Å². The van der Waals surface area contributed by atoms with E-state index in [9.17, 15) is 22.4 Å². The molecule has 0 aromatic heterocycles. The van der Waals surface area contributed by atoms with E-state index in [1.165, 1.54) is 29.2 Å². The Labute approximate surface area is 211 Å². The summed E-state index contributed by atoms with van der Waals surface area (Å²) in [5.74, 6) is 0.377. The molecule has 186 valence electrons. The number of alkyl halides is 4. The molecule has 4 nitrogen and oxygen atoms in total. The minimum absolute atomic E-state index is 0.0220. The summed E-state index contributed by atoms with van der Waals surface area (Å²) >= 11 is 13.1. The molecule has 3 aliphatic rings. The lowest BCUT2D eigenvalue weighted by atomic mass is 9.84. The van der Waals surface area contributed by atoms with Crippen molar-refractivity contribution in [2.75, 3.05) is 24.6 Å². The number of carbonyl (C=O) groups is 1. The molecule has 3 aliphatic heterocycles. The van der Waals surface area contributed by atoms with Crippen LogP contribution in [-0.4, -0.2) is 47.3 Å². The lowest BCUT2D eigenvalue weighted by Gasteiger charge is -2.46. The third-order valence-electron chi connectivity index (χ3n) is 6.55. The zero-order chi connectivity index (χ0) is 25.2. The van der Waals surface area contributed by atoms with Crippen LogP contribution in [0.3, 0.4) is 0 Å². The fraction of sp³-hybridized carbons (Fsp3) is 0.391. The Morgan fingerprint density at radius 1 is 1.09 bits per heavy atom. The minimum Gasteiger partial charge on any atom is -0.374 e. The Kier molecular flexibility index (Phi) is 6.00. The van der Waals surface area contributed by atoms with Crippen molar-refractivity contribution in [3.05, 3.63) is 69.0 Å². The predicted molar refractivity (Wildman–Crippen MR) is 123 cm³/mol. The number of oxime groups is 1. The molecule has 3 heterocycles. The van der Waals surface area contributed by atoms with Crippen LogP contribution in [-0.2, 0) is 20.9 Å². The van der Waals surface area contributed by atoms with Gasteiger partial charge in [0.1, 0.15) is 0 Å². The van der Waals surface area contributed by atoms with Crippen LogP contribution < -0.4 is 0 Å². The summed E-state index contributed by atoms with van der Waals surface area (Å²) in [4.78, 5) is 18.7. The molecular formula is C23H17Cl2F5N2O2S. The normalized spacial score (nSPS) is 23.9. The Morgan fingerprint density at radius 2 is 1.69 bits per heavy atom. The lowest BCUT2D eigenvalue weighted by molar-refractivity contribution is -0.275. The Balaban J connectivity index is 1.34. The van der Waals surface area contributed by atoms with Gasteiger partial charge < -0.3 is 9.74 Å². The van der Waals surface area contributed by atoms with Crippen molar-refractivity contribution >= 4 is 46.6 Å². The van der Waals surface area contributed by atoms with E-state index >= 15 is 4.39 Å². The van der Waals surface area contributed by atoms with Crippen molar-refractivity contribution in [2.24, 2.45) is 11.1 Å². The smallest absolute Gasteiger partial charge is 0.374 e. The number of carbonyl (C=O) groups excluding carboxylic acids is 1. The summed E-state index contributed by atoms with van der Waals surface area (Å²) in [5.41, 5.74) is -4.49. The second-order valence-electron chi connectivity index (χ2n) is 8.86. The molecule has 1 unspecified atom stereocenters. The van der Waals surface area contributed by atoms with Crippen molar-refractivity contribution in [1.82, 2.24) is 4.90 Å². The quantitative estimate of drug-likeness (QED) is 0.342. The molecule has 2 saturated heterocycles. The highest BCUT2D eigenvalue weighted by molar-refractivity contribution is 8.00. The number of amides is 1. The van der Waals surface area contributed by atoms with Crippen LogP contribution in [0.2, 0.25) is 10.0 Å². The van der Waals surface area contributed by atoms with Gasteiger partial charge in [0.2, 0.25) is 5.91 Å². The van der Waals surface area contributed by atoms with Gasteiger partial charge in [-0.1, -0.05) is 52.6 Å². The van der Waals surface area contributed by atoms with Gasteiger partial charge in [0.05, 0.1) is 34.8 Å². The summed E-state index contributed by atoms with van der Waals surface area (Å²) in [6, 6.07) is 7.50. The molecule has 1 amide bonds. The summed E-state index contributed by atoms with van der Waals surface area (Å²) in [6.07, 6.45) is -5.64. The van der Waals surface area contributed by atoms with Crippen molar-refractivity contribution in [1.29, 1.82) is 0 Å². The Morgan fingerprint density at radius 3 is 2.20 bits per heavy atom. The molecule has 12 heteroatoms. The predicted octanol–water partition coefficient (Wildman–Crippen LogP) is 6.08. The van der Waals surface area contributed by atoms with Crippen LogP contribution in [0.25, 0.3) is 0 Å². The number of likely N-dealkylation sites (tertiary alicyclic amines) is 1. The van der Waals surface area contributed by atoms with Crippen molar-refractivity contribution in [3.63, 3.8) is 0 Å². The van der Waals surface area contributed by atoms with Crippen LogP contribution in [0.15, 0.2) is 41.6 Å². The van der Waals surface area contributed by atoms with E-state index in [-0.39, 0.29) is 30.6 Å². The van der Waals surface area contributed by atoms with Crippen LogP contribution in [0.1, 0.15) is 23.1 Å². The molecule has 2 aromatic carbocycles. The molecule has 0 aliphatic carbocycles. The van der Waals surface area contributed by atoms with Crippen molar-refractivity contribution < 1.29 is 31.6 Å². The molecule has 35 heavy (non-hydrogen) atoms. The summed E-state index contributed by atoms with van der Waals surface area (Å²) < 4.78 is 71.6. The van der Waals surface area contributed by atoms with Crippen LogP contribution in [0.4, 0.5) is 22.0 Å². The molecule has 0 spiro atoms. The third kappa shape index (κ3) is 4.07. The fourth-order valence-corrected chi connectivity index (χ4v) is 5.59. The van der Waals surface area contributed by atoms with Gasteiger partial charge in [-0.25, -0.2) is 8.78 Å². The first kappa shape index (κ1) is 24.6. The fourth-order valence-electron chi connectivity index (χ4n) is 4.34. The van der Waals surface area contributed by atoms with Gasteiger partial charge in [0.25, 0.3) is 5.60 Å². The molecule has 0 bridgehead atoms. The van der Waals surface area contributed by atoms with E-state index in [0.717, 1.165) is 23.6 Å². The average molecular weight is 551 g/mol. The van der Waals surface area contributed by atoms with E-state index in [0.29, 0.717) is 11.1 Å². The van der Waals surface area contributed by atoms with Crippen molar-refractivity contribution in [2.45, 2.75) is 23.9 Å². The van der Waals surface area contributed by atoms with Crippen LogP contribution in [0.5, 0.6) is 0 Å². The number of rotatable bonds is 4. The maximum atomic E-state index is 15.3. The molecule has 0 radical (unpaired) electrons. The van der Waals surface area contributed by atoms with Crippen molar-refractivity contribution in [3.8, 4) is 0 Å². The highest BCUT2D eigenvalue weighted by atomic mass is 35.5. The Bertz CT molecular complexity index is 1190. The summed E-state index contributed by atoms with van der Waals surface area (Å²) in [5, 5.41) is 2.50. The van der Waals surface area contributed by atoms with Gasteiger partial charge in [-0.05, 0) is 23.3 Å². The number of nitrogens with zero attached hydrogens (tertiary/aromatic N) is 2. The monoisotopic (exact) mass is 550 g/mol. The summed E-state index contributed by atoms with van der Waals surface area (Å²) in [7, 11) is 0. The first-order valence-corrected chi connectivity index (χ1v) is 12.5. The summed E-state index contributed by atoms with van der Waals surface area (Å²) in [6.45, 7) is -0.112. The zero-order valence-corrected chi connectivity index (χ0v) is 20.2. The van der Waals surface area contributed by atoms with E-state index in [4.69, 9.17) is 28.0 Å². The zero-order valence-electron chi connectivity index (χ0n) is 17.8. The largest absolute Gasteiger partial charge is 0.435 e. The van der Waals surface area contributed by atoms with E-state index in [2.05, 4.69) is 5.16 Å². The maximum Gasteiger partial charge on any atom is 0.435 e. The van der Waals surface area contributed by atoms with E-state index in [1.807, 2.05) is 0 Å². The maximum absolute atomic E-state index is 15.3. The Hall–Kier alpha value is -2.04. The third-order valence-corrected chi connectivity index (χ3v) is 8.38. The molecule has 0 saturated carbocycles. The number of hydrogen-bond donors (Lipinski definition) is 0. The highest BCUT2D eigenvalue weighted by Crippen LogP contribution is 2.50. The second kappa shape index (κ2) is 8.52. The first-order valence-electron chi connectivity index (χ1n) is 10.6. The number of thioether (sulfide) groups is 1. The lowest BCUT2D eigenvalue weighted by Crippen LogP contribution is -2.61. The molecular weight excluding hydrogens is 534 g/mol. The average Bonchev–Trinajstić information content (AvgIpc) is 3.21. The number of halogens is 7. The molecule has 2 fully saturated rings. The SMILES string of the molecule is O=C(C1CSC1)N1CC(F)(c2ccc(C3=NOC(c4cc(Cl)c(F)c(Cl)c4)(C(F)(F)F)C3)cc2)C1. The van der Waals surface area contributed by atoms with Crippen LogP contribution in [0, 0.1) is 11.7 Å². The van der Waals surface area contributed by atoms with Crippen LogP contribution >= 0.6 is 35.0 Å². The van der Waals surface area contributed by atoms with Gasteiger partial charge in [0, 0.05) is 23.5 Å². The number of hydrogen-bond acceptors (Lipinski definition) is 4. The van der Waals surface area contributed by atoms with Gasteiger partial charge in [-0.15, -0.1) is 0 Å². The topological polar surface area (TPSA) is 41.9 Å².